The summed E-state index contributed by atoms with van der Waals surface area (Å²) in [5, 5.41) is 8.51. The topological polar surface area (TPSA) is 83.1 Å². The van der Waals surface area contributed by atoms with Gasteiger partial charge in [0.05, 0.1) is 17.4 Å². The third-order valence-corrected chi connectivity index (χ3v) is 2.60. The Hall–Kier alpha value is -2.11. The lowest BCUT2D eigenvalue weighted by molar-refractivity contribution is -0.123. The lowest BCUT2D eigenvalue weighted by atomic mass is 10.2. The van der Waals surface area contributed by atoms with Crippen LogP contribution in [0.1, 0.15) is 38.1 Å². The summed E-state index contributed by atoms with van der Waals surface area (Å²) in [6.45, 7) is 8.03. The van der Waals surface area contributed by atoms with Crippen molar-refractivity contribution in [1.82, 2.24) is 15.6 Å². The molecule has 0 aliphatic heterocycles. The molecule has 1 atom stereocenters. The number of nitrogens with one attached hydrogen (secondary N) is 3. The predicted molar refractivity (Wildman–Crippen MR) is 78.6 cm³/mol. The zero-order valence-electron chi connectivity index (χ0n) is 12.4. The first-order valence-electron chi connectivity index (χ1n) is 6.74. The number of hydrogen-bond acceptors (Lipinski definition) is 4. The van der Waals surface area contributed by atoms with Crippen molar-refractivity contribution < 1.29 is 9.59 Å². The highest BCUT2D eigenvalue weighted by Crippen LogP contribution is 2.13. The molecule has 0 aromatic carbocycles. The van der Waals surface area contributed by atoms with Crippen LogP contribution in [0.15, 0.2) is 18.5 Å². The van der Waals surface area contributed by atoms with Gasteiger partial charge in [-0.1, -0.05) is 0 Å². The molecule has 3 N–H and O–H groups in total. The van der Waals surface area contributed by atoms with E-state index < -0.39 is 6.04 Å². The maximum Gasteiger partial charge on any atom is 0.254 e. The van der Waals surface area contributed by atoms with E-state index in [9.17, 15) is 9.59 Å². The summed E-state index contributed by atoms with van der Waals surface area (Å²) in [4.78, 5) is 27.9. The molecule has 0 radical (unpaired) electrons. The van der Waals surface area contributed by atoms with E-state index >= 15 is 0 Å². The molecule has 0 bridgehead atoms. The third kappa shape index (κ3) is 4.53. The van der Waals surface area contributed by atoms with E-state index in [-0.39, 0.29) is 17.9 Å². The summed E-state index contributed by atoms with van der Waals surface area (Å²) in [6.07, 6.45) is 3.14. The van der Waals surface area contributed by atoms with Crippen molar-refractivity contribution in [3.05, 3.63) is 24.0 Å². The Morgan fingerprint density at radius 2 is 1.95 bits per heavy atom. The van der Waals surface area contributed by atoms with Gasteiger partial charge < -0.3 is 16.0 Å². The summed E-state index contributed by atoms with van der Waals surface area (Å²) in [5.41, 5.74) is 1.13. The molecule has 0 fully saturated rings. The van der Waals surface area contributed by atoms with Crippen LogP contribution in [0.3, 0.4) is 0 Å². The van der Waals surface area contributed by atoms with Crippen molar-refractivity contribution in [3.63, 3.8) is 0 Å². The Morgan fingerprint density at radius 1 is 1.25 bits per heavy atom. The first-order valence-corrected chi connectivity index (χ1v) is 6.74. The van der Waals surface area contributed by atoms with Gasteiger partial charge >= 0.3 is 0 Å². The minimum atomic E-state index is -0.590. The lowest BCUT2D eigenvalue weighted by Crippen LogP contribution is -2.46. The molecule has 0 aliphatic carbocycles. The van der Waals surface area contributed by atoms with Crippen molar-refractivity contribution in [2.24, 2.45) is 0 Å². The van der Waals surface area contributed by atoms with Gasteiger partial charge in [-0.25, -0.2) is 0 Å². The fraction of sp³-hybridized carbons (Fsp3) is 0.500. The zero-order valence-corrected chi connectivity index (χ0v) is 12.4. The average molecular weight is 278 g/mol. The van der Waals surface area contributed by atoms with Crippen molar-refractivity contribution in [3.8, 4) is 0 Å². The maximum absolute atomic E-state index is 12.2. The van der Waals surface area contributed by atoms with Crippen LogP contribution in [0.2, 0.25) is 0 Å². The molecule has 1 heterocycles. The standard InChI is InChI=1S/C14H22N4O2/c1-5-16-12-8-15-7-6-11(12)14(20)18-10(4)13(19)17-9(2)3/h6-10,16H,5H2,1-4H3,(H,17,19)(H,18,20). The molecular weight excluding hydrogens is 256 g/mol. The fourth-order valence-electron chi connectivity index (χ4n) is 1.67. The van der Waals surface area contributed by atoms with Gasteiger partial charge in [-0.05, 0) is 33.8 Å². The third-order valence-electron chi connectivity index (χ3n) is 2.60. The molecule has 110 valence electrons. The summed E-state index contributed by atoms with van der Waals surface area (Å²) < 4.78 is 0. The van der Waals surface area contributed by atoms with Gasteiger partial charge in [0, 0.05) is 18.8 Å². The largest absolute Gasteiger partial charge is 0.383 e. The molecule has 6 nitrogen and oxygen atoms in total. The van der Waals surface area contributed by atoms with E-state index in [1.807, 2.05) is 20.8 Å². The molecule has 1 aromatic heterocycles. The number of amides is 2. The highest BCUT2D eigenvalue weighted by Gasteiger charge is 2.18. The number of aromatic nitrogens is 1. The zero-order chi connectivity index (χ0) is 15.1. The Morgan fingerprint density at radius 3 is 2.55 bits per heavy atom. The second kappa shape index (κ2) is 7.47. The molecule has 0 aliphatic rings. The average Bonchev–Trinajstić information content (AvgIpc) is 2.38. The number of carbonyl (C=O) groups is 2. The number of rotatable bonds is 6. The SMILES string of the molecule is CCNc1cnccc1C(=O)NC(C)C(=O)NC(C)C. The highest BCUT2D eigenvalue weighted by molar-refractivity contribution is 6.01. The van der Waals surface area contributed by atoms with Crippen LogP contribution in [-0.4, -0.2) is 35.4 Å². The quantitative estimate of drug-likeness (QED) is 0.729. The summed E-state index contributed by atoms with van der Waals surface area (Å²) in [5.74, 6) is -0.498. The van der Waals surface area contributed by atoms with Crippen molar-refractivity contribution in [1.29, 1.82) is 0 Å². The first-order chi connectivity index (χ1) is 9.45. The molecule has 2 amide bonds. The van der Waals surface area contributed by atoms with Gasteiger partial charge in [0.2, 0.25) is 5.91 Å². The van der Waals surface area contributed by atoms with Gasteiger partial charge in [-0.3, -0.25) is 14.6 Å². The van der Waals surface area contributed by atoms with Crippen LogP contribution in [-0.2, 0) is 4.79 Å². The van der Waals surface area contributed by atoms with E-state index in [0.29, 0.717) is 17.8 Å². The molecule has 6 heteroatoms. The predicted octanol–water partition coefficient (Wildman–Crippen LogP) is 1.16. The van der Waals surface area contributed by atoms with Crippen LogP contribution in [0.4, 0.5) is 5.69 Å². The Labute approximate surface area is 119 Å². The molecular formula is C14H22N4O2. The highest BCUT2D eigenvalue weighted by atomic mass is 16.2. The molecule has 1 aromatic rings. The van der Waals surface area contributed by atoms with Gasteiger partial charge in [-0.2, -0.15) is 0 Å². The molecule has 0 saturated heterocycles. The molecule has 1 rings (SSSR count). The number of carbonyl (C=O) groups excluding carboxylic acids is 2. The monoisotopic (exact) mass is 278 g/mol. The van der Waals surface area contributed by atoms with Gasteiger partial charge in [0.25, 0.3) is 5.91 Å². The number of pyridine rings is 1. The van der Waals surface area contributed by atoms with E-state index in [1.165, 1.54) is 0 Å². The second-order valence-corrected chi connectivity index (χ2v) is 4.81. The fourth-order valence-corrected chi connectivity index (χ4v) is 1.67. The molecule has 0 saturated carbocycles. The van der Waals surface area contributed by atoms with E-state index in [2.05, 4.69) is 20.9 Å². The Balaban J connectivity index is 2.73. The summed E-state index contributed by atoms with van der Waals surface area (Å²) >= 11 is 0. The molecule has 0 spiro atoms. The van der Waals surface area contributed by atoms with Crippen molar-refractivity contribution >= 4 is 17.5 Å². The number of hydrogen-bond donors (Lipinski definition) is 3. The van der Waals surface area contributed by atoms with Gasteiger partial charge in [0.15, 0.2) is 0 Å². The van der Waals surface area contributed by atoms with Crippen LogP contribution in [0.5, 0.6) is 0 Å². The van der Waals surface area contributed by atoms with Crippen LogP contribution in [0.25, 0.3) is 0 Å². The minimum absolute atomic E-state index is 0.0418. The van der Waals surface area contributed by atoms with Crippen molar-refractivity contribution in [2.45, 2.75) is 39.8 Å². The summed E-state index contributed by atoms with van der Waals surface area (Å²) in [7, 11) is 0. The Bertz CT molecular complexity index is 474. The summed E-state index contributed by atoms with van der Waals surface area (Å²) in [6, 6.07) is 1.08. The molecule has 1 unspecified atom stereocenters. The van der Waals surface area contributed by atoms with Crippen LogP contribution in [0, 0.1) is 0 Å². The molecule has 20 heavy (non-hydrogen) atoms. The van der Waals surface area contributed by atoms with Gasteiger partial charge in [0.1, 0.15) is 6.04 Å². The second-order valence-electron chi connectivity index (χ2n) is 4.81. The smallest absolute Gasteiger partial charge is 0.254 e. The first kappa shape index (κ1) is 15.9. The number of anilines is 1. The Kier molecular flexibility index (Phi) is 5.96. The van der Waals surface area contributed by atoms with E-state index in [0.717, 1.165) is 0 Å². The lowest BCUT2D eigenvalue weighted by Gasteiger charge is -2.17. The minimum Gasteiger partial charge on any atom is -0.383 e. The van der Waals surface area contributed by atoms with Crippen LogP contribution >= 0.6 is 0 Å². The van der Waals surface area contributed by atoms with Crippen LogP contribution < -0.4 is 16.0 Å². The van der Waals surface area contributed by atoms with E-state index in [4.69, 9.17) is 0 Å². The van der Waals surface area contributed by atoms with E-state index in [1.54, 1.807) is 25.4 Å². The van der Waals surface area contributed by atoms with Gasteiger partial charge in [-0.15, -0.1) is 0 Å². The number of nitrogens with zero attached hydrogens (tertiary/aromatic N) is 1. The maximum atomic E-state index is 12.2. The van der Waals surface area contributed by atoms with Crippen molar-refractivity contribution in [2.75, 3.05) is 11.9 Å². The normalized spacial score (nSPS) is 11.8.